The Morgan fingerprint density at radius 2 is 1.11 bits per heavy atom. The summed E-state index contributed by atoms with van der Waals surface area (Å²) in [4.78, 5) is 22.8. The Morgan fingerprint density at radius 1 is 0.789 bits per heavy atom. The van der Waals surface area contributed by atoms with Crippen LogP contribution in [0.2, 0.25) is 0 Å². The first-order valence-corrected chi connectivity index (χ1v) is 6.59. The lowest BCUT2D eigenvalue weighted by molar-refractivity contribution is -0.167. The van der Waals surface area contributed by atoms with Gasteiger partial charge in [-0.3, -0.25) is 9.59 Å². The third kappa shape index (κ3) is 3.71. The average molecular weight is 272 g/mol. The normalized spacial score (nSPS) is 15.4. The molecule has 0 heterocycles. The van der Waals surface area contributed by atoms with E-state index in [0.29, 0.717) is 0 Å². The third-order valence-corrected chi connectivity index (χ3v) is 4.51. The second-order valence-corrected chi connectivity index (χ2v) is 7.97. The largest absolute Gasteiger partial charge is 0.481 e. The van der Waals surface area contributed by atoms with Crippen LogP contribution in [-0.2, 0) is 9.59 Å². The third-order valence-electron chi connectivity index (χ3n) is 4.51. The summed E-state index contributed by atoms with van der Waals surface area (Å²) in [5.41, 5.74) is -1.06. The number of hydrogen-bond acceptors (Lipinski definition) is 2. The quantitative estimate of drug-likeness (QED) is 0.768. The van der Waals surface area contributed by atoms with E-state index in [4.69, 9.17) is 0 Å². The SMILES string of the molecule is CC(C)(C)C(C(C(=O)O)C(=O)O)C(C)(C)C(C)(C)C. The van der Waals surface area contributed by atoms with E-state index in [-0.39, 0.29) is 5.41 Å². The molecule has 0 aliphatic carbocycles. The molecule has 0 fully saturated rings. The van der Waals surface area contributed by atoms with Crippen LogP contribution >= 0.6 is 0 Å². The zero-order valence-corrected chi connectivity index (χ0v) is 13.4. The van der Waals surface area contributed by atoms with Crippen LogP contribution in [-0.4, -0.2) is 22.2 Å². The van der Waals surface area contributed by atoms with Crippen LogP contribution < -0.4 is 0 Å². The number of aliphatic carboxylic acids is 2. The monoisotopic (exact) mass is 272 g/mol. The van der Waals surface area contributed by atoms with E-state index < -0.39 is 34.6 Å². The van der Waals surface area contributed by atoms with E-state index in [0.717, 1.165) is 0 Å². The fourth-order valence-electron chi connectivity index (χ4n) is 2.86. The Hall–Kier alpha value is -1.06. The maximum Gasteiger partial charge on any atom is 0.318 e. The van der Waals surface area contributed by atoms with Gasteiger partial charge < -0.3 is 10.2 Å². The molecule has 0 saturated heterocycles. The summed E-state index contributed by atoms with van der Waals surface area (Å²) in [5.74, 6) is -4.39. The lowest BCUT2D eigenvalue weighted by atomic mass is 9.52. The highest BCUT2D eigenvalue weighted by Gasteiger charge is 2.53. The Morgan fingerprint density at radius 3 is 1.26 bits per heavy atom. The molecule has 19 heavy (non-hydrogen) atoms. The smallest absolute Gasteiger partial charge is 0.318 e. The van der Waals surface area contributed by atoms with Gasteiger partial charge >= 0.3 is 11.9 Å². The molecule has 0 amide bonds. The maximum atomic E-state index is 11.4. The summed E-state index contributed by atoms with van der Waals surface area (Å²) < 4.78 is 0. The number of carbonyl (C=O) groups is 2. The van der Waals surface area contributed by atoms with E-state index >= 15 is 0 Å². The number of carboxylic acid groups (broad SMARTS) is 2. The van der Waals surface area contributed by atoms with Gasteiger partial charge in [0.2, 0.25) is 0 Å². The molecule has 112 valence electrons. The Balaban J connectivity index is 5.99. The first kappa shape index (κ1) is 17.9. The standard InChI is InChI=1S/C15H28O4/c1-13(2,3)10(9(11(16)17)12(18)19)15(7,8)14(4,5)6/h9-10H,1-8H3,(H,16,17)(H,18,19). The van der Waals surface area contributed by atoms with Crippen molar-refractivity contribution in [2.75, 3.05) is 0 Å². The molecule has 1 unspecified atom stereocenters. The number of hydrogen-bond donors (Lipinski definition) is 2. The molecule has 2 N–H and O–H groups in total. The van der Waals surface area contributed by atoms with E-state index in [1.807, 2.05) is 55.4 Å². The van der Waals surface area contributed by atoms with Crippen LogP contribution in [0.4, 0.5) is 0 Å². The van der Waals surface area contributed by atoms with Gasteiger partial charge in [0.1, 0.15) is 0 Å². The zero-order valence-electron chi connectivity index (χ0n) is 13.4. The second kappa shape index (κ2) is 5.14. The maximum absolute atomic E-state index is 11.4. The van der Waals surface area contributed by atoms with Crippen LogP contribution in [0.25, 0.3) is 0 Å². The van der Waals surface area contributed by atoms with Gasteiger partial charge in [0, 0.05) is 0 Å². The van der Waals surface area contributed by atoms with Gasteiger partial charge in [0.25, 0.3) is 0 Å². The minimum absolute atomic E-state index is 0.200. The summed E-state index contributed by atoms with van der Waals surface area (Å²) >= 11 is 0. The molecule has 1 atom stereocenters. The Bertz CT molecular complexity index is 341. The van der Waals surface area contributed by atoms with Gasteiger partial charge in [-0.05, 0) is 22.2 Å². The van der Waals surface area contributed by atoms with Gasteiger partial charge in [-0.1, -0.05) is 55.4 Å². The lowest BCUT2D eigenvalue weighted by Crippen LogP contribution is -2.51. The fraction of sp³-hybridized carbons (Fsp3) is 0.867. The van der Waals surface area contributed by atoms with Gasteiger partial charge in [0.05, 0.1) is 0 Å². The predicted molar refractivity (Wildman–Crippen MR) is 74.9 cm³/mol. The van der Waals surface area contributed by atoms with Crippen LogP contribution in [0, 0.1) is 28.1 Å². The lowest BCUT2D eigenvalue weighted by Gasteiger charge is -2.51. The number of carboxylic acids is 2. The molecule has 4 heteroatoms. The van der Waals surface area contributed by atoms with Gasteiger partial charge in [-0.2, -0.15) is 0 Å². The van der Waals surface area contributed by atoms with Crippen LogP contribution in [0.3, 0.4) is 0 Å². The van der Waals surface area contributed by atoms with E-state index in [1.165, 1.54) is 0 Å². The minimum Gasteiger partial charge on any atom is -0.481 e. The Labute approximate surface area is 116 Å². The molecule has 0 aromatic rings. The van der Waals surface area contributed by atoms with E-state index in [2.05, 4.69) is 0 Å². The average Bonchev–Trinajstić information content (AvgIpc) is 2.07. The fourth-order valence-corrected chi connectivity index (χ4v) is 2.86. The first-order chi connectivity index (χ1) is 8.14. The predicted octanol–water partition coefficient (Wildman–Crippen LogP) is 3.51. The van der Waals surface area contributed by atoms with Crippen LogP contribution in [0.15, 0.2) is 0 Å². The van der Waals surface area contributed by atoms with E-state index in [1.54, 1.807) is 0 Å². The molecular weight excluding hydrogens is 244 g/mol. The van der Waals surface area contributed by atoms with Crippen molar-refractivity contribution in [1.82, 2.24) is 0 Å². The molecule has 0 aromatic carbocycles. The summed E-state index contributed by atoms with van der Waals surface area (Å²) in [6.45, 7) is 15.7. The van der Waals surface area contributed by atoms with Crippen molar-refractivity contribution >= 4 is 11.9 Å². The molecule has 0 bridgehead atoms. The van der Waals surface area contributed by atoms with Gasteiger partial charge in [-0.15, -0.1) is 0 Å². The molecular formula is C15H28O4. The van der Waals surface area contributed by atoms with Crippen molar-refractivity contribution < 1.29 is 19.8 Å². The number of rotatable bonds is 4. The van der Waals surface area contributed by atoms with Crippen LogP contribution in [0.1, 0.15) is 55.4 Å². The molecule has 0 radical (unpaired) electrons. The zero-order chi connectivity index (χ0) is 15.8. The van der Waals surface area contributed by atoms with E-state index in [9.17, 15) is 19.8 Å². The second-order valence-electron chi connectivity index (χ2n) is 7.97. The molecule has 0 aliphatic heterocycles. The van der Waals surface area contributed by atoms with Gasteiger partial charge in [0.15, 0.2) is 5.92 Å². The molecule has 4 nitrogen and oxygen atoms in total. The summed E-state index contributed by atoms with van der Waals surface area (Å²) in [5, 5.41) is 18.7. The molecule has 0 aromatic heterocycles. The van der Waals surface area contributed by atoms with Crippen molar-refractivity contribution in [3.8, 4) is 0 Å². The molecule has 0 rings (SSSR count). The van der Waals surface area contributed by atoms with Crippen molar-refractivity contribution in [3.05, 3.63) is 0 Å². The van der Waals surface area contributed by atoms with Crippen molar-refractivity contribution in [3.63, 3.8) is 0 Å². The molecule has 0 saturated carbocycles. The van der Waals surface area contributed by atoms with Crippen molar-refractivity contribution in [1.29, 1.82) is 0 Å². The molecule has 0 aliphatic rings. The first-order valence-electron chi connectivity index (χ1n) is 6.59. The minimum atomic E-state index is -1.39. The highest BCUT2D eigenvalue weighted by molar-refractivity contribution is 5.93. The summed E-state index contributed by atoms with van der Waals surface area (Å²) in [7, 11) is 0. The highest BCUT2D eigenvalue weighted by atomic mass is 16.4. The molecule has 0 spiro atoms. The highest BCUT2D eigenvalue weighted by Crippen LogP contribution is 2.53. The van der Waals surface area contributed by atoms with Crippen molar-refractivity contribution in [2.45, 2.75) is 55.4 Å². The van der Waals surface area contributed by atoms with Gasteiger partial charge in [-0.25, -0.2) is 0 Å². The van der Waals surface area contributed by atoms with Crippen molar-refractivity contribution in [2.24, 2.45) is 28.1 Å². The Kier molecular flexibility index (Phi) is 4.85. The topological polar surface area (TPSA) is 74.6 Å². The summed E-state index contributed by atoms with van der Waals surface area (Å²) in [6.07, 6.45) is 0. The summed E-state index contributed by atoms with van der Waals surface area (Å²) in [6, 6.07) is 0. The van der Waals surface area contributed by atoms with Crippen LogP contribution in [0.5, 0.6) is 0 Å².